The number of amides is 1. The summed E-state index contributed by atoms with van der Waals surface area (Å²) in [5, 5.41) is 3.36. The standard InChI is InChI=1S/C16H27N5O.HI/c1-3-18-16(19-10-14-6-8-20(2)11-14)21-7-4-5-13(12-21)9-15(17)22;/h6,8,11,13H,3-5,7,9-10,12H2,1-2H3,(H2,17,22)(H,18,19);1H. The predicted octanol–water partition coefficient (Wildman–Crippen LogP) is 1.70. The van der Waals surface area contributed by atoms with E-state index in [4.69, 9.17) is 10.7 Å². The maximum atomic E-state index is 11.1. The number of halogens is 1. The van der Waals surface area contributed by atoms with Crippen LogP contribution in [0.25, 0.3) is 0 Å². The van der Waals surface area contributed by atoms with Crippen molar-refractivity contribution in [3.63, 3.8) is 0 Å². The molecule has 2 rings (SSSR count). The van der Waals surface area contributed by atoms with E-state index in [-0.39, 0.29) is 29.9 Å². The first-order chi connectivity index (χ1) is 10.6. The van der Waals surface area contributed by atoms with Crippen molar-refractivity contribution in [3.05, 3.63) is 24.0 Å². The Hall–Kier alpha value is -1.25. The third-order valence-corrected chi connectivity index (χ3v) is 3.95. The molecule has 1 aromatic heterocycles. The highest BCUT2D eigenvalue weighted by atomic mass is 127. The van der Waals surface area contributed by atoms with Gasteiger partial charge in [-0.3, -0.25) is 4.79 Å². The molecule has 0 radical (unpaired) electrons. The van der Waals surface area contributed by atoms with Gasteiger partial charge in [0, 0.05) is 45.5 Å². The Morgan fingerprint density at radius 2 is 2.30 bits per heavy atom. The number of aromatic nitrogens is 1. The number of likely N-dealkylation sites (tertiary alicyclic amines) is 1. The number of hydrogen-bond donors (Lipinski definition) is 2. The fraction of sp³-hybridized carbons (Fsp3) is 0.625. The minimum absolute atomic E-state index is 0. The van der Waals surface area contributed by atoms with Gasteiger partial charge in [-0.05, 0) is 37.3 Å². The molecule has 1 atom stereocenters. The first-order valence-electron chi connectivity index (χ1n) is 8.01. The molecule has 1 amide bonds. The summed E-state index contributed by atoms with van der Waals surface area (Å²) in [4.78, 5) is 18.1. The zero-order valence-corrected chi connectivity index (χ0v) is 16.3. The Balaban J connectivity index is 0.00000264. The van der Waals surface area contributed by atoms with Crippen LogP contribution in [0.1, 0.15) is 31.7 Å². The van der Waals surface area contributed by atoms with Gasteiger partial charge < -0.3 is 20.5 Å². The molecular weight excluding hydrogens is 405 g/mol. The number of aliphatic imine (C=N–C) groups is 1. The summed E-state index contributed by atoms with van der Waals surface area (Å²) in [6.07, 6.45) is 6.72. The monoisotopic (exact) mass is 433 g/mol. The van der Waals surface area contributed by atoms with Gasteiger partial charge in [-0.1, -0.05) is 0 Å². The van der Waals surface area contributed by atoms with Crippen LogP contribution in [-0.2, 0) is 18.4 Å². The molecule has 2 heterocycles. The van der Waals surface area contributed by atoms with Crippen LogP contribution in [0.3, 0.4) is 0 Å². The largest absolute Gasteiger partial charge is 0.370 e. The molecule has 0 aromatic carbocycles. The molecule has 1 saturated heterocycles. The minimum atomic E-state index is -0.210. The molecule has 0 bridgehead atoms. The van der Waals surface area contributed by atoms with Crippen LogP contribution in [0.2, 0.25) is 0 Å². The predicted molar refractivity (Wildman–Crippen MR) is 104 cm³/mol. The molecule has 1 aliphatic heterocycles. The van der Waals surface area contributed by atoms with Crippen molar-refractivity contribution < 1.29 is 4.79 Å². The van der Waals surface area contributed by atoms with Crippen molar-refractivity contribution in [2.45, 2.75) is 32.7 Å². The number of carbonyl (C=O) groups is 1. The van der Waals surface area contributed by atoms with Gasteiger partial charge in [0.2, 0.25) is 5.91 Å². The topological polar surface area (TPSA) is 75.7 Å². The Morgan fingerprint density at radius 3 is 2.91 bits per heavy atom. The fourth-order valence-corrected chi connectivity index (χ4v) is 2.96. The number of nitrogens with two attached hydrogens (primary N) is 1. The van der Waals surface area contributed by atoms with Crippen molar-refractivity contribution in [1.82, 2.24) is 14.8 Å². The second-order valence-corrected chi connectivity index (χ2v) is 5.98. The second kappa shape index (κ2) is 9.79. The number of hydrogen-bond acceptors (Lipinski definition) is 2. The quantitative estimate of drug-likeness (QED) is 0.422. The van der Waals surface area contributed by atoms with Gasteiger partial charge in [0.15, 0.2) is 5.96 Å². The number of piperidine rings is 1. The van der Waals surface area contributed by atoms with Gasteiger partial charge in [0.05, 0.1) is 6.54 Å². The second-order valence-electron chi connectivity index (χ2n) is 5.98. The Bertz CT molecular complexity index is 528. The summed E-state index contributed by atoms with van der Waals surface area (Å²) in [5.41, 5.74) is 6.53. The van der Waals surface area contributed by atoms with Gasteiger partial charge in [-0.25, -0.2) is 4.99 Å². The lowest BCUT2D eigenvalue weighted by Gasteiger charge is -2.34. The molecule has 7 heteroatoms. The molecule has 23 heavy (non-hydrogen) atoms. The van der Waals surface area contributed by atoms with Crippen molar-refractivity contribution in [3.8, 4) is 0 Å². The lowest BCUT2D eigenvalue weighted by Crippen LogP contribution is -2.47. The van der Waals surface area contributed by atoms with Gasteiger partial charge >= 0.3 is 0 Å². The zero-order valence-electron chi connectivity index (χ0n) is 14.0. The number of rotatable bonds is 5. The van der Waals surface area contributed by atoms with Gasteiger partial charge in [0.1, 0.15) is 0 Å². The van der Waals surface area contributed by atoms with E-state index in [9.17, 15) is 4.79 Å². The average molecular weight is 433 g/mol. The summed E-state index contributed by atoms with van der Waals surface area (Å²) in [5.74, 6) is 1.06. The van der Waals surface area contributed by atoms with Crippen LogP contribution in [0.15, 0.2) is 23.5 Å². The normalized spacial score (nSPS) is 18.4. The summed E-state index contributed by atoms with van der Waals surface area (Å²) in [6, 6.07) is 2.08. The molecule has 3 N–H and O–H groups in total. The third-order valence-electron chi connectivity index (χ3n) is 3.95. The molecule has 0 aliphatic carbocycles. The average Bonchev–Trinajstić information content (AvgIpc) is 2.88. The van der Waals surface area contributed by atoms with Crippen LogP contribution >= 0.6 is 24.0 Å². The van der Waals surface area contributed by atoms with E-state index in [2.05, 4.69) is 29.4 Å². The Labute approximate surface area is 155 Å². The van der Waals surface area contributed by atoms with Crippen LogP contribution in [0.4, 0.5) is 0 Å². The van der Waals surface area contributed by atoms with Crippen molar-refractivity contribution in [2.75, 3.05) is 19.6 Å². The minimum Gasteiger partial charge on any atom is -0.370 e. The number of carbonyl (C=O) groups excluding carboxylic acids is 1. The number of guanidine groups is 1. The molecule has 1 unspecified atom stereocenters. The van der Waals surface area contributed by atoms with E-state index < -0.39 is 0 Å². The van der Waals surface area contributed by atoms with Crippen molar-refractivity contribution in [1.29, 1.82) is 0 Å². The van der Waals surface area contributed by atoms with Crippen molar-refractivity contribution >= 4 is 35.8 Å². The third kappa shape index (κ3) is 6.40. The number of primary amides is 1. The first kappa shape index (κ1) is 19.8. The fourth-order valence-electron chi connectivity index (χ4n) is 2.96. The van der Waals surface area contributed by atoms with Crippen LogP contribution in [0.5, 0.6) is 0 Å². The highest BCUT2D eigenvalue weighted by Crippen LogP contribution is 2.19. The van der Waals surface area contributed by atoms with E-state index in [1.54, 1.807) is 0 Å². The lowest BCUT2D eigenvalue weighted by atomic mass is 9.95. The van der Waals surface area contributed by atoms with Gasteiger partial charge in [-0.15, -0.1) is 24.0 Å². The van der Waals surface area contributed by atoms with Crippen molar-refractivity contribution in [2.24, 2.45) is 23.7 Å². The number of nitrogens with zero attached hydrogens (tertiary/aromatic N) is 3. The highest BCUT2D eigenvalue weighted by Gasteiger charge is 2.23. The van der Waals surface area contributed by atoms with E-state index in [1.807, 2.05) is 17.8 Å². The molecule has 0 saturated carbocycles. The molecule has 1 fully saturated rings. The molecule has 1 aromatic rings. The first-order valence-corrected chi connectivity index (χ1v) is 8.01. The summed E-state index contributed by atoms with van der Waals surface area (Å²) in [7, 11) is 2.01. The molecular formula is C16H28IN5O. The zero-order chi connectivity index (χ0) is 15.9. The van der Waals surface area contributed by atoms with E-state index in [1.165, 1.54) is 5.56 Å². The molecule has 6 nitrogen and oxygen atoms in total. The molecule has 0 spiro atoms. The number of nitrogens with one attached hydrogen (secondary N) is 1. The summed E-state index contributed by atoms with van der Waals surface area (Å²) >= 11 is 0. The SMILES string of the molecule is CCNC(=NCc1ccn(C)c1)N1CCCC(CC(N)=O)C1.I. The van der Waals surface area contributed by atoms with E-state index in [0.29, 0.717) is 18.9 Å². The van der Waals surface area contributed by atoms with Crippen LogP contribution in [-0.4, -0.2) is 41.0 Å². The van der Waals surface area contributed by atoms with Gasteiger partial charge in [0.25, 0.3) is 0 Å². The number of aryl methyl sites for hydroxylation is 1. The molecule has 1 aliphatic rings. The summed E-state index contributed by atoms with van der Waals surface area (Å²) < 4.78 is 2.03. The Morgan fingerprint density at radius 1 is 1.52 bits per heavy atom. The van der Waals surface area contributed by atoms with Crippen LogP contribution in [0, 0.1) is 5.92 Å². The maximum Gasteiger partial charge on any atom is 0.217 e. The van der Waals surface area contributed by atoms with E-state index >= 15 is 0 Å². The summed E-state index contributed by atoms with van der Waals surface area (Å²) in [6.45, 7) is 5.41. The Kier molecular flexibility index (Phi) is 8.43. The maximum absolute atomic E-state index is 11.1. The van der Waals surface area contributed by atoms with Gasteiger partial charge in [-0.2, -0.15) is 0 Å². The lowest BCUT2D eigenvalue weighted by molar-refractivity contribution is -0.119. The van der Waals surface area contributed by atoms with Crippen LogP contribution < -0.4 is 11.1 Å². The van der Waals surface area contributed by atoms with E-state index in [0.717, 1.165) is 38.4 Å². The molecule has 130 valence electrons. The highest BCUT2D eigenvalue weighted by molar-refractivity contribution is 14.0. The smallest absolute Gasteiger partial charge is 0.217 e.